The third-order valence-electron chi connectivity index (χ3n) is 5.63. The molecule has 0 unspecified atom stereocenters. The molecule has 2 N–H and O–H groups in total. The molecule has 0 fully saturated rings. The number of allylic oxidation sites excluding steroid dienone is 4. The quantitative estimate of drug-likeness (QED) is 0.243. The summed E-state index contributed by atoms with van der Waals surface area (Å²) >= 11 is 0. The molecule has 2 aromatic rings. The van der Waals surface area contributed by atoms with Gasteiger partial charge in [-0.3, -0.25) is 4.79 Å². The number of hydrogen-bond acceptors (Lipinski definition) is 4. The zero-order chi connectivity index (χ0) is 22.5. The average molecular weight is 427 g/mol. The van der Waals surface area contributed by atoms with E-state index in [0.29, 0.717) is 17.7 Å². The fraction of sp³-hybridized carbons (Fsp3) is 0.519. The Kier molecular flexibility index (Phi) is 11.0. The van der Waals surface area contributed by atoms with E-state index in [0.717, 1.165) is 25.7 Å². The van der Waals surface area contributed by atoms with Crippen LogP contribution in [0.2, 0.25) is 0 Å². The number of phenols is 2. The molecule has 31 heavy (non-hydrogen) atoms. The first kappa shape index (κ1) is 24.8. The van der Waals surface area contributed by atoms with E-state index < -0.39 is 0 Å². The van der Waals surface area contributed by atoms with Crippen molar-refractivity contribution < 1.29 is 14.6 Å². The van der Waals surface area contributed by atoms with Crippen LogP contribution in [0, 0.1) is 6.92 Å². The highest BCUT2D eigenvalue weighted by Gasteiger charge is 2.14. The van der Waals surface area contributed by atoms with E-state index in [4.69, 9.17) is 4.42 Å². The lowest BCUT2D eigenvalue weighted by Crippen LogP contribution is -2.03. The van der Waals surface area contributed by atoms with Gasteiger partial charge in [-0.1, -0.05) is 63.3 Å². The monoisotopic (exact) mass is 426 g/mol. The minimum Gasteiger partial charge on any atom is -0.507 e. The first-order valence-electron chi connectivity index (χ1n) is 11.8. The van der Waals surface area contributed by atoms with E-state index in [1.54, 1.807) is 6.92 Å². The highest BCUT2D eigenvalue weighted by atomic mass is 16.3. The van der Waals surface area contributed by atoms with Crippen LogP contribution in [0.15, 0.2) is 45.6 Å². The molecule has 0 saturated heterocycles. The molecule has 0 aliphatic rings. The van der Waals surface area contributed by atoms with Gasteiger partial charge < -0.3 is 14.6 Å². The summed E-state index contributed by atoms with van der Waals surface area (Å²) in [7, 11) is 0. The number of aryl methyl sites for hydroxylation is 2. The van der Waals surface area contributed by atoms with Gasteiger partial charge in [0.05, 0.1) is 0 Å². The molecule has 170 valence electrons. The molecule has 4 heteroatoms. The Balaban J connectivity index is 1.63. The van der Waals surface area contributed by atoms with Crippen LogP contribution in [0.25, 0.3) is 11.0 Å². The van der Waals surface area contributed by atoms with Crippen molar-refractivity contribution in [2.45, 2.75) is 90.9 Å². The van der Waals surface area contributed by atoms with Gasteiger partial charge in [0.2, 0.25) is 0 Å². The third kappa shape index (κ3) is 8.28. The van der Waals surface area contributed by atoms with Crippen molar-refractivity contribution in [2.24, 2.45) is 0 Å². The van der Waals surface area contributed by atoms with E-state index in [9.17, 15) is 15.0 Å². The predicted octanol–water partition coefficient (Wildman–Crippen LogP) is 7.48. The van der Waals surface area contributed by atoms with Crippen LogP contribution in [-0.4, -0.2) is 10.2 Å². The molecule has 4 nitrogen and oxygen atoms in total. The maximum atomic E-state index is 12.3. The molecule has 0 radical (unpaired) electrons. The van der Waals surface area contributed by atoms with Gasteiger partial charge >= 0.3 is 0 Å². The van der Waals surface area contributed by atoms with Crippen molar-refractivity contribution in [1.82, 2.24) is 0 Å². The molecule has 0 amide bonds. The number of hydrogen-bond donors (Lipinski definition) is 2. The zero-order valence-electron chi connectivity index (χ0n) is 19.2. The fourth-order valence-corrected chi connectivity index (χ4v) is 3.71. The molecule has 1 heterocycles. The van der Waals surface area contributed by atoms with Gasteiger partial charge in [0.15, 0.2) is 5.43 Å². The first-order chi connectivity index (χ1) is 15.0. The molecule has 2 rings (SSSR count). The molecule has 1 aromatic carbocycles. The summed E-state index contributed by atoms with van der Waals surface area (Å²) in [5.74, 6) is 0.300. The number of aromatic hydroxyl groups is 2. The number of unbranched alkanes of at least 4 members (excludes halogenated alkanes) is 8. The van der Waals surface area contributed by atoms with Gasteiger partial charge in [0.25, 0.3) is 0 Å². The summed E-state index contributed by atoms with van der Waals surface area (Å²) in [4.78, 5) is 12.3. The van der Waals surface area contributed by atoms with Crippen molar-refractivity contribution in [3.05, 3.63) is 58.0 Å². The van der Waals surface area contributed by atoms with E-state index in [2.05, 4.69) is 31.2 Å². The Morgan fingerprint density at radius 1 is 0.839 bits per heavy atom. The van der Waals surface area contributed by atoms with Crippen LogP contribution in [0.1, 0.15) is 88.9 Å². The normalized spacial score (nSPS) is 11.9. The van der Waals surface area contributed by atoms with Crippen molar-refractivity contribution in [3.8, 4) is 11.5 Å². The predicted molar refractivity (Wildman–Crippen MR) is 129 cm³/mol. The minimum absolute atomic E-state index is 0.0673. The van der Waals surface area contributed by atoms with Crippen molar-refractivity contribution in [2.75, 3.05) is 0 Å². The lowest BCUT2D eigenvalue weighted by Gasteiger charge is -2.08. The van der Waals surface area contributed by atoms with Gasteiger partial charge in [0.1, 0.15) is 28.2 Å². The summed E-state index contributed by atoms with van der Waals surface area (Å²) in [5, 5.41) is 19.9. The maximum absolute atomic E-state index is 12.3. The van der Waals surface area contributed by atoms with Crippen LogP contribution in [0.4, 0.5) is 0 Å². The maximum Gasteiger partial charge on any atom is 0.196 e. The molecular formula is C27H38O4. The Morgan fingerprint density at radius 3 is 2.19 bits per heavy atom. The second kappa shape index (κ2) is 13.7. The van der Waals surface area contributed by atoms with Crippen molar-refractivity contribution in [1.29, 1.82) is 0 Å². The summed E-state index contributed by atoms with van der Waals surface area (Å²) in [5.41, 5.74) is 0.494. The molecule has 0 spiro atoms. The highest BCUT2D eigenvalue weighted by Crippen LogP contribution is 2.32. The van der Waals surface area contributed by atoms with Crippen molar-refractivity contribution in [3.63, 3.8) is 0 Å². The Labute approximate surface area is 186 Å². The van der Waals surface area contributed by atoms with Gasteiger partial charge in [-0.25, -0.2) is 0 Å². The topological polar surface area (TPSA) is 70.7 Å². The lowest BCUT2D eigenvalue weighted by molar-refractivity contribution is 0.446. The van der Waals surface area contributed by atoms with Gasteiger partial charge in [-0.05, 0) is 45.4 Å². The van der Waals surface area contributed by atoms with Gasteiger partial charge in [0, 0.05) is 24.1 Å². The van der Waals surface area contributed by atoms with Crippen LogP contribution < -0.4 is 5.43 Å². The van der Waals surface area contributed by atoms with Gasteiger partial charge in [-0.2, -0.15) is 0 Å². The number of benzene rings is 1. The van der Waals surface area contributed by atoms with E-state index >= 15 is 0 Å². The summed E-state index contributed by atoms with van der Waals surface area (Å²) in [6, 6.07) is 2.65. The third-order valence-corrected chi connectivity index (χ3v) is 5.63. The summed E-state index contributed by atoms with van der Waals surface area (Å²) in [6.07, 6.45) is 22.7. The van der Waals surface area contributed by atoms with E-state index in [1.165, 1.54) is 57.1 Å². The van der Waals surface area contributed by atoms with Crippen LogP contribution in [-0.2, 0) is 6.42 Å². The van der Waals surface area contributed by atoms with E-state index in [-0.39, 0.29) is 27.9 Å². The summed E-state index contributed by atoms with van der Waals surface area (Å²) < 4.78 is 5.82. The first-order valence-corrected chi connectivity index (χ1v) is 11.8. The van der Waals surface area contributed by atoms with E-state index in [1.807, 2.05) is 0 Å². The second-order valence-electron chi connectivity index (χ2n) is 8.30. The average Bonchev–Trinajstić information content (AvgIpc) is 2.74. The SMILES string of the molecule is CCCCC/C=C\C/C=C\CCCCCCCc1cc(=O)c2c(O)cc(O)c(C)c2o1. The smallest absolute Gasteiger partial charge is 0.196 e. The highest BCUT2D eigenvalue weighted by molar-refractivity contribution is 5.87. The minimum atomic E-state index is -0.264. The van der Waals surface area contributed by atoms with Crippen LogP contribution >= 0.6 is 0 Å². The molecule has 0 aliphatic carbocycles. The van der Waals surface area contributed by atoms with Crippen LogP contribution in [0.5, 0.6) is 11.5 Å². The number of rotatable bonds is 14. The van der Waals surface area contributed by atoms with Crippen LogP contribution in [0.3, 0.4) is 0 Å². The Bertz CT molecular complexity index is 921. The molecule has 0 bridgehead atoms. The lowest BCUT2D eigenvalue weighted by atomic mass is 10.1. The van der Waals surface area contributed by atoms with Gasteiger partial charge in [-0.15, -0.1) is 0 Å². The molecular weight excluding hydrogens is 388 g/mol. The molecule has 0 saturated carbocycles. The number of fused-ring (bicyclic) bond motifs is 1. The zero-order valence-corrected chi connectivity index (χ0v) is 19.2. The molecule has 0 atom stereocenters. The fourth-order valence-electron chi connectivity index (χ4n) is 3.71. The molecule has 1 aromatic heterocycles. The second-order valence-corrected chi connectivity index (χ2v) is 8.30. The van der Waals surface area contributed by atoms with Crippen molar-refractivity contribution >= 4 is 11.0 Å². The summed E-state index contributed by atoms with van der Waals surface area (Å²) in [6.45, 7) is 3.92. The number of phenolic OH excluding ortho intramolecular Hbond substituents is 2. The molecule has 0 aliphatic heterocycles. The largest absolute Gasteiger partial charge is 0.507 e. The Morgan fingerprint density at radius 2 is 1.48 bits per heavy atom. The standard InChI is InChI=1S/C27H38O4/c1-3-4-5-6-7-8-9-10-11-12-13-14-15-16-17-18-22-19-24(29)26-25(30)20-23(28)21(2)27(26)31-22/h7-8,10-11,19-20,28,30H,3-6,9,12-18H2,1-2H3/b8-7-,11-10-. The Hall–Kier alpha value is -2.49.